The third-order valence-corrected chi connectivity index (χ3v) is 12.5. The van der Waals surface area contributed by atoms with E-state index >= 15 is 0 Å². The van der Waals surface area contributed by atoms with E-state index in [1.54, 1.807) is 6.08 Å². The highest BCUT2D eigenvalue weighted by molar-refractivity contribution is 8.14. The summed E-state index contributed by atoms with van der Waals surface area (Å²) >= 11 is 1.00. The van der Waals surface area contributed by atoms with Gasteiger partial charge < -0.3 is 55.8 Å². The molecule has 2 aromatic heterocycles. The molecular formula is C32H47N8O17P3S. The summed E-state index contributed by atoms with van der Waals surface area (Å²) < 4.78 is 62.2. The number of phosphoric acid groups is 3. The first-order valence-corrected chi connectivity index (χ1v) is 23.4. The van der Waals surface area contributed by atoms with E-state index in [9.17, 15) is 57.9 Å². The maximum absolute atomic E-state index is 12.7. The average Bonchev–Trinajstić information content (AvgIpc) is 3.73. The number of fused-ring (bicyclic) bond motifs is 1. The van der Waals surface area contributed by atoms with Crippen molar-refractivity contribution in [3.8, 4) is 0 Å². The molecule has 61 heavy (non-hydrogen) atoms. The second kappa shape index (κ2) is 21.1. The van der Waals surface area contributed by atoms with Crippen LogP contribution in [0.1, 0.15) is 32.1 Å². The van der Waals surface area contributed by atoms with Gasteiger partial charge in [0.25, 0.3) is 0 Å². The van der Waals surface area contributed by atoms with E-state index in [1.165, 1.54) is 19.9 Å². The zero-order valence-corrected chi connectivity index (χ0v) is 36.5. The predicted molar refractivity (Wildman–Crippen MR) is 217 cm³/mol. The van der Waals surface area contributed by atoms with Gasteiger partial charge in [0, 0.05) is 50.5 Å². The Balaban J connectivity index is 1.19. The van der Waals surface area contributed by atoms with Gasteiger partial charge in [-0.3, -0.25) is 32.5 Å². The number of aromatic nitrogens is 4. The van der Waals surface area contributed by atoms with Gasteiger partial charge in [-0.1, -0.05) is 43.8 Å². The summed E-state index contributed by atoms with van der Waals surface area (Å²) in [6, 6.07) is 7.60. The molecule has 3 aromatic rings. The zero-order valence-electron chi connectivity index (χ0n) is 33.0. The highest BCUT2D eigenvalue weighted by Crippen LogP contribution is 2.61. The van der Waals surface area contributed by atoms with Crippen molar-refractivity contribution in [1.82, 2.24) is 30.2 Å². The Kier molecular flexibility index (Phi) is 17.3. The Hall–Kier alpha value is -3.68. The summed E-state index contributed by atoms with van der Waals surface area (Å²) in [5, 5.41) is 26.2. The molecule has 0 saturated carbocycles. The zero-order chi connectivity index (χ0) is 45.3. The number of anilines is 2. The number of benzene rings is 1. The number of carbonyl (C=O) groups is 3. The topological polar surface area (TPSA) is 367 Å². The van der Waals surface area contributed by atoms with Crippen molar-refractivity contribution in [3.05, 3.63) is 48.6 Å². The number of aliphatic hydroxyl groups is 2. The summed E-state index contributed by atoms with van der Waals surface area (Å²) in [4.78, 5) is 90.0. The molecular weight excluding hydrogens is 893 g/mol. The smallest absolute Gasteiger partial charge is 0.386 e. The van der Waals surface area contributed by atoms with Crippen molar-refractivity contribution in [2.45, 2.75) is 50.9 Å². The van der Waals surface area contributed by atoms with Gasteiger partial charge in [-0.05, 0) is 23.8 Å². The molecule has 10 N–H and O–H groups in total. The molecule has 0 bridgehead atoms. The molecule has 338 valence electrons. The van der Waals surface area contributed by atoms with Crippen LogP contribution in [-0.2, 0) is 50.7 Å². The largest absolute Gasteiger partial charge is 0.481 e. The molecule has 0 radical (unpaired) electrons. The Morgan fingerprint density at radius 1 is 1.03 bits per heavy atom. The lowest BCUT2D eigenvalue weighted by molar-refractivity contribution is -0.137. The number of nitrogen functional groups attached to an aromatic ring is 1. The summed E-state index contributed by atoms with van der Waals surface area (Å²) in [7, 11) is -12.6. The minimum atomic E-state index is -5.58. The number of nitrogens with two attached hydrogens (primary N) is 1. The Labute approximate surface area is 352 Å². The van der Waals surface area contributed by atoms with Gasteiger partial charge >= 0.3 is 23.5 Å². The standard InChI is InChI=1S/C32H47N8O17P3S/c1-32(2,27(44)30(45)35-12-11-22(41)34-13-14-61-23(42)10-7-19-5-8-20(9-6-19)39(3)4)16-54-60(51,52)57-59(49,50)53-15-21-26(56-58(46,47)48)25(43)31(55-21)40-18-38-24-28(33)36-17-37-29(24)40/h5-10,17-18,21,25-27,31,43-44H,11-16H2,1-4H3,(H,34,41)(H,35,45)(H,49,50)(H,51,52)(H2,33,36,37)(H2,46,47,48)/b10-7+/t21-,25-,26-,27?,31-/m1/s1. The monoisotopic (exact) mass is 940 g/mol. The molecule has 1 saturated heterocycles. The minimum Gasteiger partial charge on any atom is -0.386 e. The van der Waals surface area contributed by atoms with Gasteiger partial charge in [-0.25, -0.2) is 28.6 Å². The lowest BCUT2D eigenvalue weighted by Crippen LogP contribution is -2.46. The third kappa shape index (κ3) is 15.0. The van der Waals surface area contributed by atoms with E-state index in [1.807, 2.05) is 43.3 Å². The van der Waals surface area contributed by atoms with Crippen LogP contribution in [0, 0.1) is 5.41 Å². The molecule has 0 aliphatic carbocycles. The highest BCUT2D eigenvalue weighted by Gasteiger charge is 2.50. The van der Waals surface area contributed by atoms with E-state index < -0.39 is 84.6 Å². The van der Waals surface area contributed by atoms with Gasteiger partial charge in [-0.2, -0.15) is 4.31 Å². The van der Waals surface area contributed by atoms with Crippen LogP contribution in [-0.4, -0.2) is 137 Å². The lowest BCUT2D eigenvalue weighted by Gasteiger charge is -2.30. The summed E-state index contributed by atoms with van der Waals surface area (Å²) in [5.74, 6) is -1.20. The van der Waals surface area contributed by atoms with Crippen molar-refractivity contribution in [1.29, 1.82) is 0 Å². The SMILES string of the molecule is CN(C)c1ccc(/C=C/C(=O)SCCNC(=O)CCNC(=O)C(O)C(C)(C)COP(=O)(O)OP(=O)(O)OC[C@H]2O[C@@H](n3cnc4c(N)ncnc43)[C@H](O)[C@@H]2OP(=O)(O)O)cc1. The number of hydrogen-bond acceptors (Lipinski definition) is 19. The highest BCUT2D eigenvalue weighted by atomic mass is 32.2. The molecule has 0 spiro atoms. The van der Waals surface area contributed by atoms with Crippen LogP contribution in [0.3, 0.4) is 0 Å². The molecule has 7 atom stereocenters. The normalized spacial score (nSPS) is 20.9. The number of rotatable bonds is 22. The number of thioether (sulfide) groups is 1. The molecule has 2 amide bonds. The predicted octanol–water partition coefficient (Wildman–Crippen LogP) is 0.444. The maximum Gasteiger partial charge on any atom is 0.481 e. The van der Waals surface area contributed by atoms with Crippen molar-refractivity contribution in [2.24, 2.45) is 5.41 Å². The number of nitrogens with zero attached hydrogens (tertiary/aromatic N) is 5. The molecule has 1 aromatic carbocycles. The fraction of sp³-hybridized carbons (Fsp3) is 0.500. The van der Waals surface area contributed by atoms with Crippen LogP contribution in [0.25, 0.3) is 17.2 Å². The van der Waals surface area contributed by atoms with Crippen LogP contribution in [0.5, 0.6) is 0 Å². The first kappa shape index (κ1) is 50.0. The number of nitrogens with one attached hydrogen (secondary N) is 2. The quantitative estimate of drug-likeness (QED) is 0.0375. The average molecular weight is 941 g/mol. The second-order valence-corrected chi connectivity index (χ2v) is 19.4. The molecule has 3 heterocycles. The molecule has 1 aliphatic rings. The van der Waals surface area contributed by atoms with Crippen LogP contribution in [0.4, 0.5) is 11.5 Å². The van der Waals surface area contributed by atoms with Crippen molar-refractivity contribution in [3.63, 3.8) is 0 Å². The fourth-order valence-corrected chi connectivity index (χ4v) is 8.78. The van der Waals surface area contributed by atoms with Gasteiger partial charge in [0.1, 0.15) is 36.3 Å². The molecule has 1 aliphatic heterocycles. The first-order chi connectivity index (χ1) is 28.4. The number of aliphatic hydroxyl groups excluding tert-OH is 2. The lowest BCUT2D eigenvalue weighted by atomic mass is 9.87. The summed E-state index contributed by atoms with van der Waals surface area (Å²) in [6.07, 6.45) is -3.86. The number of amides is 2. The van der Waals surface area contributed by atoms with Gasteiger partial charge in [-0.15, -0.1) is 0 Å². The van der Waals surface area contributed by atoms with E-state index in [2.05, 4.69) is 34.4 Å². The fourth-order valence-electron chi connectivity index (χ4n) is 5.38. The van der Waals surface area contributed by atoms with Crippen LogP contribution in [0.15, 0.2) is 43.0 Å². The molecule has 25 nitrogen and oxygen atoms in total. The van der Waals surface area contributed by atoms with Crippen molar-refractivity contribution in [2.75, 3.05) is 56.8 Å². The number of ether oxygens (including phenoxy) is 1. The maximum atomic E-state index is 12.7. The minimum absolute atomic E-state index is 0.0278. The Bertz CT molecular complexity index is 2190. The summed E-state index contributed by atoms with van der Waals surface area (Å²) in [6.45, 7) is 0.417. The first-order valence-electron chi connectivity index (χ1n) is 17.9. The number of carbonyl (C=O) groups excluding carboxylic acids is 3. The van der Waals surface area contributed by atoms with Gasteiger partial charge in [0.15, 0.2) is 17.7 Å². The van der Waals surface area contributed by atoms with E-state index in [0.717, 1.165) is 40.2 Å². The number of phosphoric ester groups is 3. The molecule has 29 heteroatoms. The van der Waals surface area contributed by atoms with E-state index in [0.29, 0.717) is 0 Å². The van der Waals surface area contributed by atoms with E-state index in [-0.39, 0.29) is 47.4 Å². The Morgan fingerprint density at radius 3 is 2.36 bits per heavy atom. The number of hydrogen-bond donors (Lipinski definition) is 9. The molecule has 4 rings (SSSR count). The van der Waals surface area contributed by atoms with Crippen molar-refractivity contribution >= 4 is 80.9 Å². The van der Waals surface area contributed by atoms with E-state index in [4.69, 9.17) is 19.5 Å². The molecule has 3 unspecified atom stereocenters. The van der Waals surface area contributed by atoms with Gasteiger partial charge in [0.05, 0.1) is 19.5 Å². The van der Waals surface area contributed by atoms with Crippen LogP contribution < -0.4 is 21.3 Å². The second-order valence-electron chi connectivity index (χ2n) is 14.1. The Morgan fingerprint density at radius 2 is 1.70 bits per heavy atom. The van der Waals surface area contributed by atoms with Gasteiger partial charge in [0.2, 0.25) is 16.9 Å². The van der Waals surface area contributed by atoms with Crippen LogP contribution in [0.2, 0.25) is 0 Å². The van der Waals surface area contributed by atoms with Crippen LogP contribution >= 0.6 is 35.2 Å². The molecule has 1 fully saturated rings. The number of imidazole rings is 1. The van der Waals surface area contributed by atoms with Crippen molar-refractivity contribution < 1.29 is 80.5 Å². The third-order valence-electron chi connectivity index (χ3n) is 8.57. The summed E-state index contributed by atoms with van der Waals surface area (Å²) in [5.41, 5.74) is 6.12.